The second kappa shape index (κ2) is 6.97. The maximum Gasteiger partial charge on any atom is 0.225 e. The third-order valence-electron chi connectivity index (χ3n) is 4.77. The van der Waals surface area contributed by atoms with Crippen LogP contribution >= 0.6 is 0 Å². The van der Waals surface area contributed by atoms with Gasteiger partial charge in [0, 0.05) is 47.7 Å². The number of nitrogens with two attached hydrogens (primary N) is 1. The number of hydrogen-bond acceptors (Lipinski definition) is 7. The van der Waals surface area contributed by atoms with Gasteiger partial charge in [0.2, 0.25) is 5.95 Å². The number of hydrogen-bond donors (Lipinski definition) is 1. The second-order valence-electron chi connectivity index (χ2n) is 6.87. The normalized spacial score (nSPS) is 14.0. The monoisotopic (exact) mass is 388 g/mol. The van der Waals surface area contributed by atoms with Gasteiger partial charge in [0.25, 0.3) is 0 Å². The van der Waals surface area contributed by atoms with Crippen molar-refractivity contribution >= 4 is 22.7 Å². The molecule has 0 radical (unpaired) electrons. The number of benzene rings is 2. The van der Waals surface area contributed by atoms with Crippen molar-refractivity contribution in [1.82, 2.24) is 19.9 Å². The third-order valence-corrected chi connectivity index (χ3v) is 4.77. The number of halogens is 1. The van der Waals surface area contributed by atoms with E-state index in [1.54, 1.807) is 43.0 Å². The first-order valence-electron chi connectivity index (χ1n) is 9.15. The lowest BCUT2D eigenvalue weighted by Gasteiger charge is -2.38. The molecule has 2 aromatic heterocycles. The van der Waals surface area contributed by atoms with E-state index in [0.29, 0.717) is 30.5 Å². The lowest BCUT2D eigenvalue weighted by molar-refractivity contribution is 0.165. The Kier molecular flexibility index (Phi) is 4.16. The highest BCUT2D eigenvalue weighted by atomic mass is 19.1. The fourth-order valence-corrected chi connectivity index (χ4v) is 3.35. The number of nitrogens with zero attached hydrogens (tertiary/aromatic N) is 5. The van der Waals surface area contributed by atoms with E-state index in [4.69, 9.17) is 10.5 Å². The molecule has 1 saturated heterocycles. The molecule has 0 saturated carbocycles. The van der Waals surface area contributed by atoms with Crippen LogP contribution in [0.25, 0.3) is 22.2 Å². The second-order valence-corrected chi connectivity index (χ2v) is 6.87. The Balaban J connectivity index is 1.31. The van der Waals surface area contributed by atoms with Gasteiger partial charge in [-0.1, -0.05) is 6.07 Å². The molecule has 7 nitrogen and oxygen atoms in total. The largest absolute Gasteiger partial charge is 0.487 e. The van der Waals surface area contributed by atoms with E-state index in [2.05, 4.69) is 19.9 Å². The van der Waals surface area contributed by atoms with Crippen LogP contribution in [0.5, 0.6) is 5.75 Å². The average Bonchev–Trinajstić information content (AvgIpc) is 2.70. The van der Waals surface area contributed by atoms with Crippen LogP contribution in [0.2, 0.25) is 0 Å². The summed E-state index contributed by atoms with van der Waals surface area (Å²) >= 11 is 0. The van der Waals surface area contributed by atoms with Crippen LogP contribution in [-0.4, -0.2) is 39.1 Å². The molecule has 1 aliphatic rings. The molecular formula is C21H17FN6O. The zero-order valence-corrected chi connectivity index (χ0v) is 15.4. The molecule has 1 aliphatic heterocycles. The quantitative estimate of drug-likeness (QED) is 0.537. The first-order valence-corrected chi connectivity index (χ1v) is 9.15. The van der Waals surface area contributed by atoms with Crippen molar-refractivity contribution in [2.75, 3.05) is 23.7 Å². The highest BCUT2D eigenvalue weighted by Gasteiger charge is 2.30. The zero-order chi connectivity index (χ0) is 19.8. The molecule has 0 bridgehead atoms. The molecule has 0 amide bonds. The van der Waals surface area contributed by atoms with E-state index >= 15 is 0 Å². The number of fused-ring (bicyclic) bond motifs is 1. The summed E-state index contributed by atoms with van der Waals surface area (Å²) in [5.41, 5.74) is 9.76. The van der Waals surface area contributed by atoms with Gasteiger partial charge in [0.15, 0.2) is 0 Å². The molecule has 1 fully saturated rings. The van der Waals surface area contributed by atoms with Crippen LogP contribution in [0.1, 0.15) is 0 Å². The Morgan fingerprint density at radius 2 is 1.79 bits per heavy atom. The highest BCUT2D eigenvalue weighted by Crippen LogP contribution is 2.29. The summed E-state index contributed by atoms with van der Waals surface area (Å²) in [6, 6.07) is 9.79. The van der Waals surface area contributed by atoms with E-state index in [-0.39, 0.29) is 11.9 Å². The van der Waals surface area contributed by atoms with Crippen LogP contribution in [0.3, 0.4) is 0 Å². The molecule has 2 N–H and O–H groups in total. The minimum atomic E-state index is -0.309. The Labute approximate surface area is 166 Å². The molecule has 0 aliphatic carbocycles. The van der Waals surface area contributed by atoms with Gasteiger partial charge in [-0.25, -0.2) is 14.4 Å². The molecule has 3 heterocycles. The number of ether oxygens (including phenoxy) is 1. The standard InChI is InChI=1S/C21H17FN6O/c22-14-2-1-3-16(6-14)29-17-11-28(12-17)21-26-9-13(10-27-21)18-7-15(23)8-19-20(18)25-5-4-24-19/h1-10,17H,11-12,23H2. The van der Waals surface area contributed by atoms with Crippen molar-refractivity contribution in [2.24, 2.45) is 0 Å². The molecule has 144 valence electrons. The molecule has 2 aromatic carbocycles. The molecule has 0 unspecified atom stereocenters. The summed E-state index contributed by atoms with van der Waals surface area (Å²) in [7, 11) is 0. The SMILES string of the molecule is Nc1cc(-c2cnc(N3CC(Oc4cccc(F)c4)C3)nc2)c2nccnc2c1. The molecule has 5 rings (SSSR count). The molecule has 4 aromatic rings. The lowest BCUT2D eigenvalue weighted by atomic mass is 10.1. The summed E-state index contributed by atoms with van der Waals surface area (Å²) in [5, 5.41) is 0. The number of rotatable bonds is 4. The Hall–Kier alpha value is -3.81. The molecule has 0 atom stereocenters. The Morgan fingerprint density at radius 1 is 1.00 bits per heavy atom. The van der Waals surface area contributed by atoms with Gasteiger partial charge < -0.3 is 15.4 Å². The van der Waals surface area contributed by atoms with E-state index < -0.39 is 0 Å². The van der Waals surface area contributed by atoms with E-state index in [1.165, 1.54) is 12.1 Å². The Bertz CT molecular complexity index is 1180. The number of aromatic nitrogens is 4. The van der Waals surface area contributed by atoms with Crippen molar-refractivity contribution in [3.8, 4) is 16.9 Å². The van der Waals surface area contributed by atoms with E-state index in [1.807, 2.05) is 11.0 Å². The van der Waals surface area contributed by atoms with Gasteiger partial charge in [-0.15, -0.1) is 0 Å². The van der Waals surface area contributed by atoms with Gasteiger partial charge in [0.1, 0.15) is 17.7 Å². The number of anilines is 2. The molecule has 0 spiro atoms. The fourth-order valence-electron chi connectivity index (χ4n) is 3.35. The van der Waals surface area contributed by atoms with Crippen LogP contribution in [0.15, 0.2) is 61.2 Å². The van der Waals surface area contributed by atoms with Gasteiger partial charge in [-0.05, 0) is 24.3 Å². The van der Waals surface area contributed by atoms with Crippen LogP contribution in [0.4, 0.5) is 16.0 Å². The molecular weight excluding hydrogens is 371 g/mol. The molecule has 8 heteroatoms. The smallest absolute Gasteiger partial charge is 0.225 e. The van der Waals surface area contributed by atoms with Gasteiger partial charge in [-0.3, -0.25) is 9.97 Å². The van der Waals surface area contributed by atoms with Crippen LogP contribution in [-0.2, 0) is 0 Å². The number of nitrogen functional groups attached to an aromatic ring is 1. The summed E-state index contributed by atoms with van der Waals surface area (Å²) in [6.07, 6.45) is 6.78. The van der Waals surface area contributed by atoms with Gasteiger partial charge in [-0.2, -0.15) is 0 Å². The zero-order valence-electron chi connectivity index (χ0n) is 15.4. The minimum absolute atomic E-state index is 0.0202. The first kappa shape index (κ1) is 17.3. The topological polar surface area (TPSA) is 90.0 Å². The molecule has 29 heavy (non-hydrogen) atoms. The van der Waals surface area contributed by atoms with Gasteiger partial charge in [0.05, 0.1) is 24.1 Å². The van der Waals surface area contributed by atoms with Crippen molar-refractivity contribution in [2.45, 2.75) is 6.10 Å². The summed E-state index contributed by atoms with van der Waals surface area (Å²) in [5.74, 6) is 0.837. The maximum atomic E-state index is 13.3. The predicted octanol–water partition coefficient (Wildman–Crippen LogP) is 3.08. The van der Waals surface area contributed by atoms with Crippen LogP contribution in [0, 0.1) is 5.82 Å². The maximum absolute atomic E-state index is 13.3. The predicted molar refractivity (Wildman–Crippen MR) is 108 cm³/mol. The Morgan fingerprint density at radius 3 is 2.59 bits per heavy atom. The third kappa shape index (κ3) is 3.40. The summed E-state index contributed by atoms with van der Waals surface area (Å²) in [4.78, 5) is 19.7. The highest BCUT2D eigenvalue weighted by molar-refractivity contribution is 5.93. The van der Waals surface area contributed by atoms with E-state index in [0.717, 1.165) is 22.2 Å². The average molecular weight is 388 g/mol. The fraction of sp³-hybridized carbons (Fsp3) is 0.143. The minimum Gasteiger partial charge on any atom is -0.487 e. The van der Waals surface area contributed by atoms with Crippen LogP contribution < -0.4 is 15.4 Å². The van der Waals surface area contributed by atoms with Gasteiger partial charge >= 0.3 is 0 Å². The van der Waals surface area contributed by atoms with Crippen molar-refractivity contribution < 1.29 is 9.13 Å². The summed E-state index contributed by atoms with van der Waals surface area (Å²) in [6.45, 7) is 1.28. The van der Waals surface area contributed by atoms with Crippen molar-refractivity contribution in [1.29, 1.82) is 0 Å². The first-order chi connectivity index (χ1) is 14.2. The van der Waals surface area contributed by atoms with E-state index in [9.17, 15) is 4.39 Å². The summed E-state index contributed by atoms with van der Waals surface area (Å²) < 4.78 is 19.0. The lowest BCUT2D eigenvalue weighted by Crippen LogP contribution is -2.54. The van der Waals surface area contributed by atoms with Crippen molar-refractivity contribution in [3.63, 3.8) is 0 Å². The van der Waals surface area contributed by atoms with Crippen molar-refractivity contribution in [3.05, 3.63) is 67.0 Å².